The highest BCUT2D eigenvalue weighted by Gasteiger charge is 2.46. The minimum atomic E-state index is -0.557. The smallest absolute Gasteiger partial charge is 0.184 e. The van der Waals surface area contributed by atoms with E-state index in [1.165, 1.54) is 0 Å². The van der Waals surface area contributed by atoms with Gasteiger partial charge in [-0.2, -0.15) is 0 Å². The Morgan fingerprint density at radius 2 is 1.95 bits per heavy atom. The quantitative estimate of drug-likeness (QED) is 0.803. The monoisotopic (exact) mass is 328 g/mol. The van der Waals surface area contributed by atoms with Gasteiger partial charge in [-0.15, -0.1) is 0 Å². The number of aliphatic hydroxyl groups is 1. The summed E-state index contributed by atoms with van der Waals surface area (Å²) in [5.41, 5.74) is 0.960. The molecular formula is C14H17BrO4. The number of benzene rings is 1. The van der Waals surface area contributed by atoms with Gasteiger partial charge in [0.2, 0.25) is 0 Å². The molecule has 3 rings (SSSR count). The van der Waals surface area contributed by atoms with Crippen LogP contribution in [0.2, 0.25) is 0 Å². The Balaban J connectivity index is 1.75. The lowest BCUT2D eigenvalue weighted by atomic mass is 9.93. The molecule has 2 fully saturated rings. The van der Waals surface area contributed by atoms with Crippen LogP contribution in [0.4, 0.5) is 0 Å². The Morgan fingerprint density at radius 1 is 1.21 bits per heavy atom. The van der Waals surface area contributed by atoms with E-state index in [9.17, 15) is 5.11 Å². The van der Waals surface area contributed by atoms with Gasteiger partial charge in [0.25, 0.3) is 0 Å². The van der Waals surface area contributed by atoms with E-state index in [0.717, 1.165) is 5.56 Å². The lowest BCUT2D eigenvalue weighted by molar-refractivity contribution is -0.310. The SMILES string of the molecule is CC1[C@@H](O)[C@@H]2OC(c3ccccc3)OCC2O[C@@H]1Br. The van der Waals surface area contributed by atoms with Crippen LogP contribution >= 0.6 is 15.9 Å². The van der Waals surface area contributed by atoms with Crippen molar-refractivity contribution >= 4 is 15.9 Å². The van der Waals surface area contributed by atoms with Gasteiger partial charge in [0.05, 0.1) is 12.7 Å². The van der Waals surface area contributed by atoms with Crippen LogP contribution in [0.1, 0.15) is 18.8 Å². The molecule has 104 valence electrons. The van der Waals surface area contributed by atoms with Crippen molar-refractivity contribution in [2.24, 2.45) is 5.92 Å². The number of rotatable bonds is 1. The molecule has 5 heteroatoms. The number of ether oxygens (including phenoxy) is 3. The molecule has 19 heavy (non-hydrogen) atoms. The van der Waals surface area contributed by atoms with Gasteiger partial charge in [0, 0.05) is 11.5 Å². The predicted molar refractivity (Wildman–Crippen MR) is 72.8 cm³/mol. The van der Waals surface area contributed by atoms with Crippen molar-refractivity contribution in [3.05, 3.63) is 35.9 Å². The number of halogens is 1. The van der Waals surface area contributed by atoms with E-state index in [1.807, 2.05) is 37.3 Å². The van der Waals surface area contributed by atoms with Gasteiger partial charge in [0.1, 0.15) is 17.2 Å². The molecule has 0 aromatic heterocycles. The summed E-state index contributed by atoms with van der Waals surface area (Å²) in [6.45, 7) is 2.37. The number of aliphatic hydroxyl groups excluding tert-OH is 1. The lowest BCUT2D eigenvalue weighted by Crippen LogP contribution is -2.57. The van der Waals surface area contributed by atoms with Gasteiger partial charge in [-0.3, -0.25) is 0 Å². The second-order valence-corrected chi connectivity index (χ2v) is 5.95. The van der Waals surface area contributed by atoms with Crippen molar-refractivity contribution in [1.82, 2.24) is 0 Å². The zero-order valence-electron chi connectivity index (χ0n) is 10.6. The highest BCUT2D eigenvalue weighted by molar-refractivity contribution is 9.09. The Kier molecular flexibility index (Phi) is 3.91. The lowest BCUT2D eigenvalue weighted by Gasteiger charge is -2.46. The molecule has 4 nitrogen and oxygen atoms in total. The number of fused-ring (bicyclic) bond motifs is 1. The number of alkyl halides is 1. The van der Waals surface area contributed by atoms with Gasteiger partial charge in [0.15, 0.2) is 6.29 Å². The van der Waals surface area contributed by atoms with Crippen molar-refractivity contribution in [2.75, 3.05) is 6.61 Å². The summed E-state index contributed by atoms with van der Waals surface area (Å²) < 4.78 is 17.3. The average Bonchev–Trinajstić information content (AvgIpc) is 2.46. The van der Waals surface area contributed by atoms with E-state index in [4.69, 9.17) is 14.2 Å². The molecule has 0 spiro atoms. The van der Waals surface area contributed by atoms with E-state index in [2.05, 4.69) is 15.9 Å². The Hall–Kier alpha value is -0.460. The third kappa shape index (κ3) is 2.58. The predicted octanol–water partition coefficient (Wildman–Crippen LogP) is 2.22. The van der Waals surface area contributed by atoms with Crippen molar-refractivity contribution in [1.29, 1.82) is 0 Å². The fourth-order valence-corrected chi connectivity index (χ4v) is 3.08. The summed E-state index contributed by atoms with van der Waals surface area (Å²) in [5.74, 6) is -0.0178. The average molecular weight is 329 g/mol. The summed E-state index contributed by atoms with van der Waals surface area (Å²) in [6, 6.07) is 9.75. The molecule has 0 bridgehead atoms. The molecule has 0 saturated carbocycles. The molecule has 1 N–H and O–H groups in total. The summed E-state index contributed by atoms with van der Waals surface area (Å²) in [6.07, 6.45) is -1.56. The minimum Gasteiger partial charge on any atom is -0.390 e. The first-order chi connectivity index (χ1) is 9.16. The molecule has 2 aliphatic rings. The highest BCUT2D eigenvalue weighted by Crippen LogP contribution is 2.37. The summed E-state index contributed by atoms with van der Waals surface area (Å²) in [7, 11) is 0. The molecule has 0 radical (unpaired) electrons. The van der Waals surface area contributed by atoms with Crippen molar-refractivity contribution < 1.29 is 19.3 Å². The van der Waals surface area contributed by atoms with E-state index < -0.39 is 12.4 Å². The maximum atomic E-state index is 10.3. The first-order valence-corrected chi connectivity index (χ1v) is 7.38. The third-order valence-corrected chi connectivity index (χ3v) is 4.77. The van der Waals surface area contributed by atoms with E-state index in [1.54, 1.807) is 0 Å². The van der Waals surface area contributed by atoms with E-state index in [-0.39, 0.29) is 23.1 Å². The normalized spacial score (nSPS) is 42.7. The van der Waals surface area contributed by atoms with Crippen molar-refractivity contribution in [3.8, 4) is 0 Å². The molecule has 2 saturated heterocycles. The first-order valence-electron chi connectivity index (χ1n) is 6.46. The number of hydrogen-bond donors (Lipinski definition) is 1. The van der Waals surface area contributed by atoms with Gasteiger partial charge in [-0.25, -0.2) is 0 Å². The topological polar surface area (TPSA) is 47.9 Å². The third-order valence-electron chi connectivity index (χ3n) is 3.72. The molecular weight excluding hydrogens is 312 g/mol. The van der Waals surface area contributed by atoms with Gasteiger partial charge >= 0.3 is 0 Å². The van der Waals surface area contributed by atoms with Crippen LogP contribution in [0.15, 0.2) is 30.3 Å². The Labute approximate surface area is 120 Å². The minimum absolute atomic E-state index is 0.0178. The largest absolute Gasteiger partial charge is 0.390 e. The zero-order chi connectivity index (χ0) is 13.4. The Morgan fingerprint density at radius 3 is 2.68 bits per heavy atom. The standard InChI is InChI=1S/C14H17BrO4/c1-8-11(16)12-10(18-13(8)15)7-17-14(19-12)9-5-3-2-4-6-9/h2-6,8,10-14,16H,7H2,1H3/t8?,10?,11-,12-,13+,14?/m1/s1. The fourth-order valence-electron chi connectivity index (χ4n) is 2.49. The molecule has 2 heterocycles. The van der Waals surface area contributed by atoms with Crippen LogP contribution in [0.5, 0.6) is 0 Å². The van der Waals surface area contributed by atoms with Crippen molar-refractivity contribution in [3.63, 3.8) is 0 Å². The Bertz CT molecular complexity index is 425. The zero-order valence-corrected chi connectivity index (χ0v) is 12.2. The van der Waals surface area contributed by atoms with Crippen LogP contribution in [0.25, 0.3) is 0 Å². The van der Waals surface area contributed by atoms with Gasteiger partial charge < -0.3 is 19.3 Å². The maximum absolute atomic E-state index is 10.3. The summed E-state index contributed by atoms with van der Waals surface area (Å²) >= 11 is 3.42. The molecule has 1 aromatic rings. The van der Waals surface area contributed by atoms with Crippen LogP contribution in [-0.2, 0) is 14.2 Å². The molecule has 1 aromatic carbocycles. The summed E-state index contributed by atoms with van der Waals surface area (Å²) in [4.78, 5) is 0. The molecule has 3 unspecified atom stereocenters. The van der Waals surface area contributed by atoms with Crippen LogP contribution < -0.4 is 0 Å². The number of hydrogen-bond acceptors (Lipinski definition) is 4. The van der Waals surface area contributed by atoms with Crippen LogP contribution in [-0.4, -0.2) is 35.0 Å². The van der Waals surface area contributed by atoms with E-state index >= 15 is 0 Å². The van der Waals surface area contributed by atoms with Crippen LogP contribution in [0, 0.1) is 5.92 Å². The van der Waals surface area contributed by atoms with Crippen molar-refractivity contribution in [2.45, 2.75) is 36.5 Å². The van der Waals surface area contributed by atoms with Gasteiger partial charge in [-0.1, -0.05) is 53.2 Å². The molecule has 0 aliphatic carbocycles. The highest BCUT2D eigenvalue weighted by atomic mass is 79.9. The molecule has 0 amide bonds. The second-order valence-electron chi connectivity index (χ2n) is 5.05. The molecule has 6 atom stereocenters. The summed E-state index contributed by atoms with van der Waals surface area (Å²) in [5, 5.41) is 10.2. The van der Waals surface area contributed by atoms with Crippen LogP contribution in [0.3, 0.4) is 0 Å². The fraction of sp³-hybridized carbons (Fsp3) is 0.571. The first kappa shape index (κ1) is 13.5. The maximum Gasteiger partial charge on any atom is 0.184 e. The second kappa shape index (κ2) is 5.50. The molecule has 2 aliphatic heterocycles. The van der Waals surface area contributed by atoms with Gasteiger partial charge in [-0.05, 0) is 0 Å². The van der Waals surface area contributed by atoms with E-state index in [0.29, 0.717) is 6.61 Å².